The van der Waals surface area contributed by atoms with Gasteiger partial charge in [0.2, 0.25) is 0 Å². The largest absolute Gasteiger partial charge is 0.326 e. The summed E-state index contributed by atoms with van der Waals surface area (Å²) < 4.78 is 0. The van der Waals surface area contributed by atoms with Crippen LogP contribution in [0.5, 0.6) is 0 Å². The van der Waals surface area contributed by atoms with Crippen LogP contribution in [0.2, 0.25) is 0 Å². The summed E-state index contributed by atoms with van der Waals surface area (Å²) in [6.45, 7) is 2.17. The number of thioether (sulfide) groups is 1. The van der Waals surface area contributed by atoms with Crippen molar-refractivity contribution in [3.63, 3.8) is 0 Å². The van der Waals surface area contributed by atoms with Gasteiger partial charge >= 0.3 is 0 Å². The maximum Gasteiger partial charge on any atom is 0.0248 e. The minimum atomic E-state index is 0.495. The molecule has 6 heavy (non-hydrogen) atoms. The van der Waals surface area contributed by atoms with Gasteiger partial charge in [0.15, 0.2) is 0 Å². The van der Waals surface area contributed by atoms with Gasteiger partial charge in [-0.3, -0.25) is 0 Å². The summed E-state index contributed by atoms with van der Waals surface area (Å²) in [4.78, 5) is 0. The molecule has 0 amide bonds. The van der Waals surface area contributed by atoms with E-state index in [-0.39, 0.29) is 0 Å². The van der Waals surface area contributed by atoms with E-state index in [9.17, 15) is 0 Å². The minimum Gasteiger partial charge on any atom is -0.326 e. The van der Waals surface area contributed by atoms with Crippen molar-refractivity contribution in [2.45, 2.75) is 18.2 Å². The zero-order chi connectivity index (χ0) is 4.57. The number of hydrogen-bond donors (Lipinski definition) is 1. The van der Waals surface area contributed by atoms with Crippen LogP contribution >= 0.6 is 11.8 Å². The van der Waals surface area contributed by atoms with Crippen molar-refractivity contribution >= 4 is 11.8 Å². The maximum absolute atomic E-state index is 5.50. The van der Waals surface area contributed by atoms with Crippen LogP contribution < -0.4 is 5.73 Å². The van der Waals surface area contributed by atoms with Gasteiger partial charge in [-0.05, 0) is 0 Å². The van der Waals surface area contributed by atoms with E-state index in [1.54, 1.807) is 0 Å². The van der Waals surface area contributed by atoms with Crippen LogP contribution in [0.1, 0.15) is 6.92 Å². The van der Waals surface area contributed by atoms with Gasteiger partial charge in [0, 0.05) is 17.0 Å². The van der Waals surface area contributed by atoms with Crippen LogP contribution in [0.15, 0.2) is 0 Å². The molecular formula is C4H9NS. The molecule has 2 heteroatoms. The summed E-state index contributed by atoms with van der Waals surface area (Å²) in [5.74, 6) is 1.17. The molecule has 1 saturated heterocycles. The van der Waals surface area contributed by atoms with Crippen molar-refractivity contribution in [3.8, 4) is 0 Å². The standard InChI is InChI=1S/C4H9NS/c1-3-4(5)2-6-3/h3-4H,2,5H2,1H3. The molecular weight excluding hydrogens is 94.1 g/mol. The van der Waals surface area contributed by atoms with Gasteiger partial charge in [0.1, 0.15) is 0 Å². The fourth-order valence-electron chi connectivity index (χ4n) is 0.400. The van der Waals surface area contributed by atoms with E-state index in [4.69, 9.17) is 5.73 Å². The minimum absolute atomic E-state index is 0.495. The fraction of sp³-hybridized carbons (Fsp3) is 1.00. The first kappa shape index (κ1) is 4.47. The van der Waals surface area contributed by atoms with E-state index in [1.165, 1.54) is 5.75 Å². The summed E-state index contributed by atoms with van der Waals surface area (Å²) in [7, 11) is 0. The number of hydrogen-bond acceptors (Lipinski definition) is 2. The first-order valence-corrected chi connectivity index (χ1v) is 3.23. The van der Waals surface area contributed by atoms with Crippen molar-refractivity contribution in [1.82, 2.24) is 0 Å². The molecule has 2 N–H and O–H groups in total. The zero-order valence-corrected chi connectivity index (χ0v) is 4.66. The Kier molecular flexibility index (Phi) is 1.06. The molecule has 0 aromatic heterocycles. The molecule has 0 bridgehead atoms. The van der Waals surface area contributed by atoms with Crippen molar-refractivity contribution in [3.05, 3.63) is 0 Å². The van der Waals surface area contributed by atoms with E-state index in [1.807, 2.05) is 11.8 Å². The highest BCUT2D eigenvalue weighted by Crippen LogP contribution is 2.25. The zero-order valence-electron chi connectivity index (χ0n) is 3.85. The first-order valence-electron chi connectivity index (χ1n) is 2.18. The fourth-order valence-corrected chi connectivity index (χ4v) is 1.20. The molecule has 0 aliphatic carbocycles. The SMILES string of the molecule is CC1SCC1N. The molecule has 1 nitrogen and oxygen atoms in total. The second-order valence-corrected chi connectivity index (χ2v) is 3.11. The first-order chi connectivity index (χ1) is 2.80. The second kappa shape index (κ2) is 1.43. The molecule has 1 heterocycles. The average Bonchev–Trinajstić information content (AvgIpc) is 1.61. The molecule has 1 aliphatic heterocycles. The maximum atomic E-state index is 5.50. The van der Waals surface area contributed by atoms with Gasteiger partial charge in [0.25, 0.3) is 0 Å². The summed E-state index contributed by atoms with van der Waals surface area (Å²) in [6.07, 6.45) is 0. The quantitative estimate of drug-likeness (QED) is 0.481. The Labute approximate surface area is 42.3 Å². The number of rotatable bonds is 0. The smallest absolute Gasteiger partial charge is 0.0248 e. The third-order valence-electron chi connectivity index (χ3n) is 1.15. The van der Waals surface area contributed by atoms with Crippen LogP contribution in [0.4, 0.5) is 0 Å². The molecule has 1 fully saturated rings. The van der Waals surface area contributed by atoms with Gasteiger partial charge < -0.3 is 5.73 Å². The summed E-state index contributed by atoms with van der Waals surface area (Å²) in [5.41, 5.74) is 5.50. The normalized spacial score (nSPS) is 45.0. The molecule has 0 radical (unpaired) electrons. The van der Waals surface area contributed by atoms with Crippen LogP contribution in [0, 0.1) is 0 Å². The Morgan fingerprint density at radius 2 is 2.33 bits per heavy atom. The molecule has 2 atom stereocenters. The summed E-state index contributed by atoms with van der Waals surface area (Å²) in [6, 6.07) is 0.495. The second-order valence-electron chi connectivity index (χ2n) is 1.70. The monoisotopic (exact) mass is 103 g/mol. The molecule has 1 rings (SSSR count). The molecule has 0 spiro atoms. The number of nitrogens with two attached hydrogens (primary N) is 1. The predicted octanol–water partition coefficient (Wildman–Crippen LogP) is 0.449. The van der Waals surface area contributed by atoms with E-state index in [2.05, 4.69) is 6.92 Å². The topological polar surface area (TPSA) is 26.0 Å². The summed E-state index contributed by atoms with van der Waals surface area (Å²) >= 11 is 1.94. The highest BCUT2D eigenvalue weighted by Gasteiger charge is 2.22. The molecule has 0 aromatic rings. The van der Waals surface area contributed by atoms with Gasteiger partial charge in [-0.2, -0.15) is 11.8 Å². The van der Waals surface area contributed by atoms with Gasteiger partial charge in [0.05, 0.1) is 0 Å². The van der Waals surface area contributed by atoms with Gasteiger partial charge in [-0.25, -0.2) is 0 Å². The predicted molar refractivity (Wildman–Crippen MR) is 29.9 cm³/mol. The van der Waals surface area contributed by atoms with Gasteiger partial charge in [-0.1, -0.05) is 6.92 Å². The van der Waals surface area contributed by atoms with Crippen molar-refractivity contribution in [2.24, 2.45) is 5.73 Å². The highest BCUT2D eigenvalue weighted by atomic mass is 32.2. The highest BCUT2D eigenvalue weighted by molar-refractivity contribution is 8.01. The molecule has 2 unspecified atom stereocenters. The average molecular weight is 103 g/mol. The molecule has 0 aromatic carbocycles. The molecule has 1 aliphatic rings. The Bertz CT molecular complexity index is 47.5. The van der Waals surface area contributed by atoms with E-state index in [0.29, 0.717) is 6.04 Å². The van der Waals surface area contributed by atoms with Crippen LogP contribution in [0.25, 0.3) is 0 Å². The Balaban J connectivity index is 2.20. The summed E-state index contributed by atoms with van der Waals surface area (Å²) in [5, 5.41) is 0.727. The lowest BCUT2D eigenvalue weighted by molar-refractivity contribution is 0.697. The Morgan fingerprint density at radius 3 is 2.33 bits per heavy atom. The van der Waals surface area contributed by atoms with Crippen molar-refractivity contribution < 1.29 is 0 Å². The van der Waals surface area contributed by atoms with Crippen molar-refractivity contribution in [1.29, 1.82) is 0 Å². The third kappa shape index (κ3) is 0.545. The van der Waals surface area contributed by atoms with Crippen LogP contribution in [-0.2, 0) is 0 Å². The Morgan fingerprint density at radius 1 is 1.83 bits per heavy atom. The molecule has 36 valence electrons. The van der Waals surface area contributed by atoms with E-state index < -0.39 is 0 Å². The van der Waals surface area contributed by atoms with Crippen molar-refractivity contribution in [2.75, 3.05) is 5.75 Å². The van der Waals surface area contributed by atoms with Crippen LogP contribution in [-0.4, -0.2) is 17.0 Å². The van der Waals surface area contributed by atoms with Crippen LogP contribution in [0.3, 0.4) is 0 Å². The lowest BCUT2D eigenvalue weighted by Gasteiger charge is -2.28. The lowest BCUT2D eigenvalue weighted by Crippen LogP contribution is -2.41. The third-order valence-corrected chi connectivity index (χ3v) is 2.61. The van der Waals surface area contributed by atoms with E-state index in [0.717, 1.165) is 5.25 Å². The van der Waals surface area contributed by atoms with Gasteiger partial charge in [-0.15, -0.1) is 0 Å². The lowest BCUT2D eigenvalue weighted by atomic mass is 10.2. The van der Waals surface area contributed by atoms with E-state index >= 15 is 0 Å². The molecule has 0 saturated carbocycles. The Hall–Kier alpha value is 0.310.